The number of pyridine rings is 1. The average Bonchev–Trinajstić information content (AvgIpc) is 2.41. The van der Waals surface area contributed by atoms with Crippen LogP contribution in [0.25, 0.3) is 0 Å². The zero-order valence-electron chi connectivity index (χ0n) is 10.4. The first-order valence-corrected chi connectivity index (χ1v) is 7.83. The van der Waals surface area contributed by atoms with Crippen LogP contribution < -0.4 is 10.5 Å². The van der Waals surface area contributed by atoms with E-state index in [0.717, 1.165) is 0 Å². The highest BCUT2D eigenvalue weighted by molar-refractivity contribution is 7.89. The zero-order chi connectivity index (χ0) is 15.6. The van der Waals surface area contributed by atoms with E-state index in [-0.39, 0.29) is 20.6 Å². The predicted octanol–water partition coefficient (Wildman–Crippen LogP) is 2.29. The summed E-state index contributed by atoms with van der Waals surface area (Å²) in [5.41, 5.74) is 0.545. The normalized spacial score (nSPS) is 11.2. The van der Waals surface area contributed by atoms with Gasteiger partial charge < -0.3 is 5.32 Å². The van der Waals surface area contributed by atoms with Crippen LogP contribution in [0.2, 0.25) is 10.2 Å². The van der Waals surface area contributed by atoms with Gasteiger partial charge in [-0.3, -0.25) is 4.79 Å². The lowest BCUT2D eigenvalue weighted by molar-refractivity contribution is 0.102. The molecule has 6 nitrogen and oxygen atoms in total. The molecule has 1 aromatic carbocycles. The van der Waals surface area contributed by atoms with Gasteiger partial charge in [0.25, 0.3) is 5.91 Å². The minimum Gasteiger partial charge on any atom is -0.322 e. The van der Waals surface area contributed by atoms with Crippen LogP contribution in [0.15, 0.2) is 41.4 Å². The number of anilines is 1. The van der Waals surface area contributed by atoms with Crippen LogP contribution in [0.3, 0.4) is 0 Å². The summed E-state index contributed by atoms with van der Waals surface area (Å²) in [5, 5.41) is 7.83. The van der Waals surface area contributed by atoms with Gasteiger partial charge >= 0.3 is 0 Å². The molecule has 2 rings (SSSR count). The summed E-state index contributed by atoms with van der Waals surface area (Å²) < 4.78 is 22.2. The number of nitrogens with zero attached hydrogens (tertiary/aromatic N) is 1. The Bertz CT molecular complexity index is 792. The fraction of sp³-hybridized carbons (Fsp3) is 0. The molecule has 0 spiro atoms. The lowest BCUT2D eigenvalue weighted by Gasteiger charge is -2.07. The van der Waals surface area contributed by atoms with Crippen LogP contribution in [0, 0.1) is 0 Å². The third-order valence-electron chi connectivity index (χ3n) is 2.51. The minimum absolute atomic E-state index is 0.0505. The third-order valence-corrected chi connectivity index (χ3v) is 3.94. The molecule has 0 bridgehead atoms. The van der Waals surface area contributed by atoms with Crippen molar-refractivity contribution >= 4 is 44.8 Å². The van der Waals surface area contributed by atoms with Crippen LogP contribution >= 0.6 is 23.2 Å². The predicted molar refractivity (Wildman–Crippen MR) is 80.0 cm³/mol. The molecule has 21 heavy (non-hydrogen) atoms. The van der Waals surface area contributed by atoms with E-state index in [1.54, 1.807) is 0 Å². The summed E-state index contributed by atoms with van der Waals surface area (Å²) in [7, 11) is -3.77. The van der Waals surface area contributed by atoms with E-state index < -0.39 is 15.9 Å². The third kappa shape index (κ3) is 3.92. The van der Waals surface area contributed by atoms with Gasteiger partial charge in [-0.15, -0.1) is 0 Å². The second kappa shape index (κ2) is 5.98. The van der Waals surface area contributed by atoms with Gasteiger partial charge in [0.15, 0.2) is 0 Å². The average molecular weight is 346 g/mol. The number of hydrogen-bond donors (Lipinski definition) is 2. The number of benzene rings is 1. The quantitative estimate of drug-likeness (QED) is 0.833. The monoisotopic (exact) mass is 345 g/mol. The second-order valence-electron chi connectivity index (χ2n) is 4.01. The molecule has 9 heteroatoms. The Hall–Kier alpha value is -1.67. The van der Waals surface area contributed by atoms with Crippen LogP contribution in [0.5, 0.6) is 0 Å². The van der Waals surface area contributed by atoms with E-state index in [1.165, 1.54) is 36.5 Å². The Morgan fingerprint density at radius 2 is 1.81 bits per heavy atom. The van der Waals surface area contributed by atoms with Crippen molar-refractivity contribution in [2.24, 2.45) is 5.14 Å². The highest BCUT2D eigenvalue weighted by atomic mass is 35.5. The SMILES string of the molecule is NS(=O)(=O)c1ccc(NC(=O)c2cc(Cl)ncc2Cl)cc1. The molecule has 1 aromatic heterocycles. The van der Waals surface area contributed by atoms with Gasteiger partial charge in [-0.2, -0.15) is 0 Å². The standard InChI is InChI=1S/C12H9Cl2N3O3S/c13-10-6-16-11(14)5-9(10)12(18)17-7-1-3-8(4-2-7)21(15,19)20/h1-6H,(H,17,18)(H2,15,19,20). The number of carbonyl (C=O) groups is 1. The maximum atomic E-state index is 12.0. The largest absolute Gasteiger partial charge is 0.322 e. The maximum Gasteiger partial charge on any atom is 0.257 e. The van der Waals surface area contributed by atoms with Gasteiger partial charge in [0, 0.05) is 11.9 Å². The molecule has 1 amide bonds. The van der Waals surface area contributed by atoms with Crippen molar-refractivity contribution in [3.63, 3.8) is 0 Å². The number of primary sulfonamides is 1. The topological polar surface area (TPSA) is 102 Å². The van der Waals surface area contributed by atoms with Gasteiger partial charge in [-0.1, -0.05) is 23.2 Å². The molecule has 2 aromatic rings. The van der Waals surface area contributed by atoms with Crippen LogP contribution in [0.4, 0.5) is 5.69 Å². The molecule has 0 unspecified atom stereocenters. The minimum atomic E-state index is -3.77. The van der Waals surface area contributed by atoms with Gasteiger partial charge in [0.05, 0.1) is 15.5 Å². The molecule has 0 aliphatic rings. The fourth-order valence-corrected chi connectivity index (χ4v) is 2.38. The number of nitrogens with two attached hydrogens (primary N) is 1. The number of hydrogen-bond acceptors (Lipinski definition) is 4. The molecule has 1 heterocycles. The van der Waals surface area contributed by atoms with Crippen LogP contribution in [-0.4, -0.2) is 19.3 Å². The summed E-state index contributed by atoms with van der Waals surface area (Å²) in [4.78, 5) is 15.7. The summed E-state index contributed by atoms with van der Waals surface area (Å²) >= 11 is 11.6. The lowest BCUT2D eigenvalue weighted by Crippen LogP contribution is -2.14. The Balaban J connectivity index is 2.22. The molecule has 0 fully saturated rings. The molecular formula is C12H9Cl2N3O3S. The Morgan fingerprint density at radius 1 is 1.19 bits per heavy atom. The highest BCUT2D eigenvalue weighted by Crippen LogP contribution is 2.20. The number of rotatable bonds is 3. The first-order chi connectivity index (χ1) is 9.77. The molecule has 0 saturated carbocycles. The molecule has 0 aliphatic carbocycles. The fourth-order valence-electron chi connectivity index (χ4n) is 1.51. The van der Waals surface area contributed by atoms with Crippen LogP contribution in [-0.2, 0) is 10.0 Å². The summed E-state index contributed by atoms with van der Waals surface area (Å²) in [5.74, 6) is -0.493. The molecule has 3 N–H and O–H groups in total. The highest BCUT2D eigenvalue weighted by Gasteiger charge is 2.13. The number of nitrogens with one attached hydrogen (secondary N) is 1. The maximum absolute atomic E-state index is 12.0. The Kier molecular flexibility index (Phi) is 4.48. The molecule has 0 saturated heterocycles. The molecule has 0 aliphatic heterocycles. The Morgan fingerprint density at radius 3 is 2.38 bits per heavy atom. The first-order valence-electron chi connectivity index (χ1n) is 5.52. The van der Waals surface area contributed by atoms with Crippen LogP contribution in [0.1, 0.15) is 10.4 Å². The summed E-state index contributed by atoms with van der Waals surface area (Å²) in [6, 6.07) is 6.72. The summed E-state index contributed by atoms with van der Waals surface area (Å²) in [6.07, 6.45) is 1.27. The van der Waals surface area contributed by atoms with E-state index in [9.17, 15) is 13.2 Å². The van der Waals surface area contributed by atoms with Crippen molar-refractivity contribution < 1.29 is 13.2 Å². The molecule has 110 valence electrons. The number of sulfonamides is 1. The van der Waals surface area contributed by atoms with Crippen molar-refractivity contribution in [2.45, 2.75) is 4.90 Å². The van der Waals surface area contributed by atoms with E-state index in [1.807, 2.05) is 0 Å². The van der Waals surface area contributed by atoms with Crippen molar-refractivity contribution in [3.05, 3.63) is 52.3 Å². The number of halogens is 2. The first kappa shape index (κ1) is 15.7. The van der Waals surface area contributed by atoms with Crippen molar-refractivity contribution in [3.8, 4) is 0 Å². The van der Waals surface area contributed by atoms with Gasteiger partial charge in [-0.25, -0.2) is 18.5 Å². The van der Waals surface area contributed by atoms with E-state index in [0.29, 0.717) is 5.69 Å². The summed E-state index contributed by atoms with van der Waals surface area (Å²) in [6.45, 7) is 0. The Labute approximate surface area is 130 Å². The number of amides is 1. The number of carbonyl (C=O) groups excluding carboxylic acids is 1. The smallest absolute Gasteiger partial charge is 0.257 e. The molecular weight excluding hydrogens is 337 g/mol. The van der Waals surface area contributed by atoms with Gasteiger partial charge in [-0.05, 0) is 30.3 Å². The van der Waals surface area contributed by atoms with Crippen molar-refractivity contribution in [1.82, 2.24) is 4.98 Å². The van der Waals surface area contributed by atoms with Gasteiger partial charge in [0.2, 0.25) is 10.0 Å². The molecule has 0 radical (unpaired) electrons. The zero-order valence-corrected chi connectivity index (χ0v) is 12.7. The van der Waals surface area contributed by atoms with Gasteiger partial charge in [0.1, 0.15) is 5.15 Å². The second-order valence-corrected chi connectivity index (χ2v) is 6.37. The molecule has 0 atom stereocenters. The number of aromatic nitrogens is 1. The lowest BCUT2D eigenvalue weighted by atomic mass is 10.2. The van der Waals surface area contributed by atoms with E-state index >= 15 is 0 Å². The van der Waals surface area contributed by atoms with E-state index in [2.05, 4.69) is 10.3 Å². The van der Waals surface area contributed by atoms with Crippen molar-refractivity contribution in [1.29, 1.82) is 0 Å². The van der Waals surface area contributed by atoms with Crippen molar-refractivity contribution in [2.75, 3.05) is 5.32 Å². The van der Waals surface area contributed by atoms with E-state index in [4.69, 9.17) is 28.3 Å².